The van der Waals surface area contributed by atoms with Gasteiger partial charge >= 0.3 is 0 Å². The summed E-state index contributed by atoms with van der Waals surface area (Å²) in [6.07, 6.45) is 27.5. The van der Waals surface area contributed by atoms with Crippen LogP contribution in [0.1, 0.15) is 25.7 Å². The van der Waals surface area contributed by atoms with E-state index in [1.54, 1.807) is 11.1 Å². The molecule has 0 aromatic heterocycles. The van der Waals surface area contributed by atoms with Crippen molar-refractivity contribution in [3.8, 4) is 0 Å². The minimum atomic E-state index is 0.675. The Bertz CT molecular complexity index is 480. The molecule has 18 heavy (non-hydrogen) atoms. The van der Waals surface area contributed by atoms with Crippen LogP contribution in [-0.4, -0.2) is 0 Å². The molecule has 0 fully saturated rings. The second-order valence-electron chi connectivity index (χ2n) is 5.26. The molecule has 2 unspecified atom stereocenters. The van der Waals surface area contributed by atoms with E-state index >= 15 is 0 Å². The zero-order valence-electron chi connectivity index (χ0n) is 10.8. The fourth-order valence-corrected chi connectivity index (χ4v) is 3.14. The second-order valence-corrected chi connectivity index (χ2v) is 5.26. The van der Waals surface area contributed by atoms with E-state index in [2.05, 4.69) is 60.8 Å². The van der Waals surface area contributed by atoms with Crippen molar-refractivity contribution in [1.29, 1.82) is 0 Å². The van der Waals surface area contributed by atoms with Crippen LogP contribution < -0.4 is 0 Å². The van der Waals surface area contributed by atoms with Crippen LogP contribution in [0.2, 0.25) is 0 Å². The van der Waals surface area contributed by atoms with Gasteiger partial charge < -0.3 is 0 Å². The first-order valence-corrected chi connectivity index (χ1v) is 7.01. The Hall–Kier alpha value is -1.56. The maximum Gasteiger partial charge on any atom is -0.00585 e. The van der Waals surface area contributed by atoms with Crippen molar-refractivity contribution in [3.63, 3.8) is 0 Å². The van der Waals surface area contributed by atoms with E-state index in [1.807, 2.05) is 0 Å². The van der Waals surface area contributed by atoms with E-state index in [0.29, 0.717) is 11.8 Å². The highest BCUT2D eigenvalue weighted by atomic mass is 14.3. The van der Waals surface area contributed by atoms with Crippen molar-refractivity contribution >= 4 is 0 Å². The molecule has 0 spiro atoms. The molecular weight excluding hydrogens is 216 g/mol. The molecule has 0 nitrogen and oxygen atoms in total. The van der Waals surface area contributed by atoms with Crippen LogP contribution in [0.15, 0.2) is 71.9 Å². The van der Waals surface area contributed by atoms with Gasteiger partial charge in [-0.2, -0.15) is 0 Å². The summed E-state index contributed by atoms with van der Waals surface area (Å²) in [4.78, 5) is 0. The summed E-state index contributed by atoms with van der Waals surface area (Å²) in [5.74, 6) is 1.35. The first-order valence-electron chi connectivity index (χ1n) is 7.01. The van der Waals surface area contributed by atoms with Crippen LogP contribution >= 0.6 is 0 Å². The van der Waals surface area contributed by atoms with Gasteiger partial charge in [0, 0.05) is 0 Å². The summed E-state index contributed by atoms with van der Waals surface area (Å²) in [5.41, 5.74) is 3.13. The highest BCUT2D eigenvalue weighted by molar-refractivity contribution is 5.42. The number of hydrogen-bond donors (Lipinski definition) is 0. The molecule has 2 atom stereocenters. The fraction of sp³-hybridized carbons (Fsp3) is 0.333. The lowest BCUT2D eigenvalue weighted by Crippen LogP contribution is -2.18. The summed E-state index contributed by atoms with van der Waals surface area (Å²) in [5, 5.41) is 0. The molecule has 0 aromatic carbocycles. The summed E-state index contributed by atoms with van der Waals surface area (Å²) in [7, 11) is 0. The molecule has 0 aliphatic heterocycles. The second kappa shape index (κ2) is 5.39. The topological polar surface area (TPSA) is 0 Å². The predicted octanol–water partition coefficient (Wildman–Crippen LogP) is 4.90. The van der Waals surface area contributed by atoms with Gasteiger partial charge in [-0.05, 0) is 48.7 Å². The largest absolute Gasteiger partial charge is 0.0842 e. The average Bonchev–Trinajstić information content (AvgIpc) is 2.49. The lowest BCUT2D eigenvalue weighted by molar-refractivity contribution is 0.455. The Kier molecular flexibility index (Phi) is 3.45. The van der Waals surface area contributed by atoms with Crippen molar-refractivity contribution in [3.05, 3.63) is 71.9 Å². The molecule has 0 radical (unpaired) electrons. The Morgan fingerprint density at radius 3 is 2.50 bits per heavy atom. The van der Waals surface area contributed by atoms with Gasteiger partial charge in [-0.1, -0.05) is 60.8 Å². The minimum absolute atomic E-state index is 0.675. The lowest BCUT2D eigenvalue weighted by atomic mass is 9.74. The van der Waals surface area contributed by atoms with Gasteiger partial charge in [0.15, 0.2) is 0 Å². The lowest BCUT2D eigenvalue weighted by Gasteiger charge is -2.30. The molecule has 0 saturated heterocycles. The maximum atomic E-state index is 2.39. The van der Waals surface area contributed by atoms with E-state index in [4.69, 9.17) is 0 Å². The van der Waals surface area contributed by atoms with E-state index in [0.717, 1.165) is 0 Å². The van der Waals surface area contributed by atoms with Crippen LogP contribution in [0.5, 0.6) is 0 Å². The van der Waals surface area contributed by atoms with Crippen LogP contribution in [0.3, 0.4) is 0 Å². The number of rotatable bonds is 2. The Labute approximate surface area is 110 Å². The molecular formula is C18H20. The first-order chi connectivity index (χ1) is 8.95. The highest BCUT2D eigenvalue weighted by Crippen LogP contribution is 2.38. The Balaban J connectivity index is 1.85. The molecule has 0 bridgehead atoms. The minimum Gasteiger partial charge on any atom is -0.0842 e. The van der Waals surface area contributed by atoms with E-state index in [-0.39, 0.29) is 0 Å². The molecule has 92 valence electrons. The van der Waals surface area contributed by atoms with Crippen molar-refractivity contribution in [2.75, 3.05) is 0 Å². The smallest absolute Gasteiger partial charge is 0.00585 e. The molecule has 0 saturated carbocycles. The molecule has 3 aliphatic rings. The third-order valence-corrected chi connectivity index (χ3v) is 4.12. The van der Waals surface area contributed by atoms with Gasteiger partial charge in [0.25, 0.3) is 0 Å². The van der Waals surface area contributed by atoms with E-state index in [1.165, 1.54) is 25.7 Å². The van der Waals surface area contributed by atoms with Crippen LogP contribution in [0.25, 0.3) is 0 Å². The normalized spacial score (nSPS) is 30.2. The van der Waals surface area contributed by atoms with Gasteiger partial charge in [0.1, 0.15) is 0 Å². The van der Waals surface area contributed by atoms with Gasteiger partial charge in [0.2, 0.25) is 0 Å². The zero-order valence-corrected chi connectivity index (χ0v) is 10.8. The molecule has 3 rings (SSSR count). The predicted molar refractivity (Wildman–Crippen MR) is 78.2 cm³/mol. The fourth-order valence-electron chi connectivity index (χ4n) is 3.14. The Morgan fingerprint density at radius 2 is 1.72 bits per heavy atom. The third-order valence-electron chi connectivity index (χ3n) is 4.12. The average molecular weight is 236 g/mol. The zero-order chi connectivity index (χ0) is 12.2. The van der Waals surface area contributed by atoms with Crippen molar-refractivity contribution in [2.24, 2.45) is 11.8 Å². The van der Waals surface area contributed by atoms with Crippen LogP contribution in [0, 0.1) is 11.8 Å². The van der Waals surface area contributed by atoms with Gasteiger partial charge in [-0.3, -0.25) is 0 Å². The van der Waals surface area contributed by atoms with Gasteiger partial charge in [0.05, 0.1) is 0 Å². The molecule has 0 aromatic rings. The Morgan fingerprint density at radius 1 is 0.833 bits per heavy atom. The SMILES string of the molecule is C1=CCCC(C2=CC=CCC2C2C=CC=CC2)=C1. The summed E-state index contributed by atoms with van der Waals surface area (Å²) in [6.45, 7) is 0. The number of hydrogen-bond acceptors (Lipinski definition) is 0. The number of allylic oxidation sites excluding steroid dienone is 12. The van der Waals surface area contributed by atoms with Crippen molar-refractivity contribution in [1.82, 2.24) is 0 Å². The van der Waals surface area contributed by atoms with Crippen molar-refractivity contribution < 1.29 is 0 Å². The maximum absolute atomic E-state index is 2.39. The third kappa shape index (κ3) is 2.33. The van der Waals surface area contributed by atoms with Crippen LogP contribution in [0.4, 0.5) is 0 Å². The monoisotopic (exact) mass is 236 g/mol. The summed E-state index contributed by atoms with van der Waals surface area (Å²) >= 11 is 0. The molecule has 0 N–H and O–H groups in total. The molecule has 0 heteroatoms. The molecule has 0 amide bonds. The summed E-state index contributed by atoms with van der Waals surface area (Å²) < 4.78 is 0. The van der Waals surface area contributed by atoms with Gasteiger partial charge in [-0.25, -0.2) is 0 Å². The summed E-state index contributed by atoms with van der Waals surface area (Å²) in [6, 6.07) is 0. The van der Waals surface area contributed by atoms with Crippen molar-refractivity contribution in [2.45, 2.75) is 25.7 Å². The van der Waals surface area contributed by atoms with E-state index < -0.39 is 0 Å². The van der Waals surface area contributed by atoms with Gasteiger partial charge in [-0.15, -0.1) is 0 Å². The standard InChI is InChI=1S/C18H20/c1-3-9-15(10-4-1)17-13-7-8-14-18(17)16-11-5-2-6-12-16/h1-5,7-9,11,14-15,17H,6,10,12-13H2. The molecule has 3 aliphatic carbocycles. The van der Waals surface area contributed by atoms with Crippen LogP contribution in [-0.2, 0) is 0 Å². The quantitative estimate of drug-likeness (QED) is 0.640. The van der Waals surface area contributed by atoms with E-state index in [9.17, 15) is 0 Å². The first kappa shape index (κ1) is 11.5. The highest BCUT2D eigenvalue weighted by Gasteiger charge is 2.25. The molecule has 0 heterocycles.